The minimum absolute atomic E-state index is 0. The van der Waals surface area contributed by atoms with E-state index in [0.29, 0.717) is 0 Å². The van der Waals surface area contributed by atoms with Gasteiger partial charge in [-0.05, 0) is 19.0 Å². The molecule has 0 aliphatic carbocycles. The maximum absolute atomic E-state index is 12.4. The van der Waals surface area contributed by atoms with Crippen molar-refractivity contribution in [3.05, 3.63) is 44.8 Å². The van der Waals surface area contributed by atoms with Crippen LogP contribution in [0.2, 0.25) is 0 Å². The summed E-state index contributed by atoms with van der Waals surface area (Å²) in [5.41, 5.74) is -0.139. The Balaban J connectivity index is 0.00000225. The first kappa shape index (κ1) is 19.3. The van der Waals surface area contributed by atoms with Crippen molar-refractivity contribution in [2.75, 3.05) is 19.6 Å². The molecule has 0 bridgehead atoms. The van der Waals surface area contributed by atoms with Crippen LogP contribution in [0.4, 0.5) is 0 Å². The van der Waals surface area contributed by atoms with E-state index in [-0.39, 0.29) is 34.9 Å². The topological polar surface area (TPSA) is 126 Å². The summed E-state index contributed by atoms with van der Waals surface area (Å²) in [4.78, 5) is 29.4. The number of aryl methyl sites for hydroxylation is 1. The first-order chi connectivity index (χ1) is 11.4. The Kier molecular flexibility index (Phi) is 5.78. The Morgan fingerprint density at radius 1 is 1.36 bits per heavy atom. The highest BCUT2D eigenvalue weighted by molar-refractivity contribution is 7.89. The Bertz CT molecular complexity index is 1040. The molecule has 0 saturated carbocycles. The van der Waals surface area contributed by atoms with Crippen LogP contribution in [0, 0.1) is 0 Å². The summed E-state index contributed by atoms with van der Waals surface area (Å²) in [6.07, 6.45) is 3.87. The zero-order valence-corrected chi connectivity index (χ0v) is 15.0. The highest BCUT2D eigenvalue weighted by Gasteiger charge is 2.18. The molecule has 3 rings (SSSR count). The van der Waals surface area contributed by atoms with Crippen molar-refractivity contribution in [3.63, 3.8) is 0 Å². The molecule has 0 atom stereocenters. The molecule has 136 valence electrons. The number of aromatic amines is 1. The van der Waals surface area contributed by atoms with Crippen molar-refractivity contribution in [2.45, 2.75) is 11.3 Å². The maximum atomic E-state index is 12.4. The van der Waals surface area contributed by atoms with Gasteiger partial charge in [0.1, 0.15) is 10.5 Å². The standard InChI is InChI=1S/C14H17N5O4S.ClH/c1-19-12-11(13(20)18-14(19)21)6-10(8-16-12)24(22,23)17-7-9-2-4-15-5-3-9;/h2,6,8,15,17H,3-5,7H2,1H3,(H,18,20,21);1H. The van der Waals surface area contributed by atoms with Crippen molar-refractivity contribution in [1.29, 1.82) is 0 Å². The first-order valence-electron chi connectivity index (χ1n) is 7.36. The summed E-state index contributed by atoms with van der Waals surface area (Å²) < 4.78 is 28.5. The number of H-pyrrole nitrogens is 1. The molecule has 3 N–H and O–H groups in total. The molecular weight excluding hydrogens is 370 g/mol. The highest BCUT2D eigenvalue weighted by Crippen LogP contribution is 2.13. The second-order valence-electron chi connectivity index (χ2n) is 5.50. The van der Waals surface area contributed by atoms with Crippen LogP contribution in [0.25, 0.3) is 11.0 Å². The van der Waals surface area contributed by atoms with E-state index in [1.54, 1.807) is 0 Å². The summed E-state index contributed by atoms with van der Waals surface area (Å²) >= 11 is 0. The lowest BCUT2D eigenvalue weighted by atomic mass is 10.1. The fourth-order valence-corrected chi connectivity index (χ4v) is 3.47. The van der Waals surface area contributed by atoms with Crippen LogP contribution in [0.15, 0.2) is 38.4 Å². The summed E-state index contributed by atoms with van der Waals surface area (Å²) in [5, 5.41) is 3.19. The molecule has 3 heterocycles. The van der Waals surface area contributed by atoms with Crippen LogP contribution in [0.1, 0.15) is 6.42 Å². The van der Waals surface area contributed by atoms with Crippen molar-refractivity contribution < 1.29 is 8.42 Å². The number of halogens is 1. The third kappa shape index (κ3) is 3.98. The molecule has 25 heavy (non-hydrogen) atoms. The molecule has 0 saturated heterocycles. The average Bonchev–Trinajstić information content (AvgIpc) is 2.58. The zero-order chi connectivity index (χ0) is 17.3. The number of nitrogens with one attached hydrogen (secondary N) is 3. The third-order valence-corrected chi connectivity index (χ3v) is 5.25. The maximum Gasteiger partial charge on any atom is 0.329 e. The molecule has 1 aliphatic heterocycles. The molecule has 2 aromatic rings. The summed E-state index contributed by atoms with van der Waals surface area (Å²) in [7, 11) is -2.36. The fraction of sp³-hybridized carbons (Fsp3) is 0.357. The number of rotatable bonds is 4. The van der Waals surface area contributed by atoms with E-state index in [9.17, 15) is 18.0 Å². The molecule has 1 aliphatic rings. The SMILES string of the molecule is Cl.Cn1c(=O)[nH]c(=O)c2cc(S(=O)(=O)NCC3=CCNCC3)cnc21. The van der Waals surface area contributed by atoms with Crippen LogP contribution >= 0.6 is 12.4 Å². The fourth-order valence-electron chi connectivity index (χ4n) is 2.47. The number of pyridine rings is 1. The summed E-state index contributed by atoms with van der Waals surface area (Å²) in [6, 6.07) is 1.22. The Morgan fingerprint density at radius 3 is 2.80 bits per heavy atom. The number of hydrogen-bond donors (Lipinski definition) is 3. The van der Waals surface area contributed by atoms with Crippen molar-refractivity contribution in [3.8, 4) is 0 Å². The van der Waals surface area contributed by atoms with E-state index >= 15 is 0 Å². The van der Waals surface area contributed by atoms with Gasteiger partial charge in [0.05, 0.1) is 5.39 Å². The minimum Gasteiger partial charge on any atom is -0.313 e. The van der Waals surface area contributed by atoms with Gasteiger partial charge in [0.2, 0.25) is 10.0 Å². The molecule has 9 nitrogen and oxygen atoms in total. The van der Waals surface area contributed by atoms with E-state index in [1.807, 2.05) is 6.08 Å². The van der Waals surface area contributed by atoms with Crippen LogP contribution in [-0.4, -0.2) is 42.6 Å². The molecule has 0 amide bonds. The van der Waals surface area contributed by atoms with Gasteiger partial charge in [-0.25, -0.2) is 22.9 Å². The molecular formula is C14H18ClN5O4S. The predicted molar refractivity (Wildman–Crippen MR) is 95.6 cm³/mol. The van der Waals surface area contributed by atoms with Crippen LogP contribution < -0.4 is 21.3 Å². The van der Waals surface area contributed by atoms with Crippen LogP contribution in [-0.2, 0) is 17.1 Å². The largest absolute Gasteiger partial charge is 0.329 e. The number of aromatic nitrogens is 3. The van der Waals surface area contributed by atoms with Gasteiger partial charge < -0.3 is 5.32 Å². The van der Waals surface area contributed by atoms with Gasteiger partial charge in [-0.15, -0.1) is 12.4 Å². The van der Waals surface area contributed by atoms with E-state index in [0.717, 1.165) is 35.8 Å². The third-order valence-electron chi connectivity index (χ3n) is 3.89. The lowest BCUT2D eigenvalue weighted by Crippen LogP contribution is -2.31. The van der Waals surface area contributed by atoms with Gasteiger partial charge in [-0.2, -0.15) is 0 Å². The van der Waals surface area contributed by atoms with E-state index in [1.165, 1.54) is 13.1 Å². The molecule has 0 radical (unpaired) electrons. The second kappa shape index (κ2) is 7.48. The van der Waals surface area contributed by atoms with Crippen molar-refractivity contribution in [1.82, 2.24) is 24.6 Å². The number of sulfonamides is 1. The number of fused-ring (bicyclic) bond motifs is 1. The average molecular weight is 388 g/mol. The molecule has 0 aromatic carbocycles. The number of hydrogen-bond acceptors (Lipinski definition) is 6. The van der Waals surface area contributed by atoms with Gasteiger partial charge in [-0.3, -0.25) is 14.3 Å². The summed E-state index contributed by atoms with van der Waals surface area (Å²) in [5.74, 6) is 0. The Hall–Kier alpha value is -2.01. The molecule has 0 spiro atoms. The smallest absolute Gasteiger partial charge is 0.313 e. The van der Waals surface area contributed by atoms with Gasteiger partial charge >= 0.3 is 5.69 Å². The second-order valence-corrected chi connectivity index (χ2v) is 7.27. The van der Waals surface area contributed by atoms with E-state index in [2.05, 4.69) is 20.0 Å². The highest BCUT2D eigenvalue weighted by atomic mass is 35.5. The summed E-state index contributed by atoms with van der Waals surface area (Å²) in [6.45, 7) is 1.75. The lowest BCUT2D eigenvalue weighted by Gasteiger charge is -2.14. The van der Waals surface area contributed by atoms with Gasteiger partial charge in [0, 0.05) is 26.3 Å². The Labute approximate surface area is 149 Å². The molecule has 2 aromatic heterocycles. The van der Waals surface area contributed by atoms with Gasteiger partial charge in [0.15, 0.2) is 0 Å². The normalized spacial score (nSPS) is 14.8. The quantitative estimate of drug-likeness (QED) is 0.592. The van der Waals surface area contributed by atoms with Crippen molar-refractivity contribution in [2.24, 2.45) is 7.05 Å². The number of nitrogens with zero attached hydrogens (tertiary/aromatic N) is 2. The molecule has 11 heteroatoms. The monoisotopic (exact) mass is 387 g/mol. The predicted octanol–water partition coefficient (Wildman–Crippen LogP) is -0.758. The van der Waals surface area contributed by atoms with E-state index in [4.69, 9.17) is 0 Å². The first-order valence-corrected chi connectivity index (χ1v) is 8.84. The van der Waals surface area contributed by atoms with Crippen molar-refractivity contribution >= 4 is 33.5 Å². The van der Waals surface area contributed by atoms with Crippen LogP contribution in [0.5, 0.6) is 0 Å². The van der Waals surface area contributed by atoms with Gasteiger partial charge in [0.25, 0.3) is 5.56 Å². The molecule has 0 fully saturated rings. The Morgan fingerprint density at radius 2 is 2.12 bits per heavy atom. The van der Waals surface area contributed by atoms with E-state index < -0.39 is 21.3 Å². The lowest BCUT2D eigenvalue weighted by molar-refractivity contribution is 0.582. The van der Waals surface area contributed by atoms with Crippen LogP contribution in [0.3, 0.4) is 0 Å². The zero-order valence-electron chi connectivity index (χ0n) is 13.4. The molecule has 0 unspecified atom stereocenters. The minimum atomic E-state index is -3.80. The van der Waals surface area contributed by atoms with Gasteiger partial charge in [-0.1, -0.05) is 11.6 Å².